The number of hydrogen-bond donors (Lipinski definition) is 8. The number of ketones is 3. The van der Waals surface area contributed by atoms with E-state index in [0.717, 1.165) is 57.8 Å². The molecule has 1 unspecified atom stereocenters. The number of nitrogens with two attached hydrogens (primary N) is 1. The van der Waals surface area contributed by atoms with Gasteiger partial charge in [0.2, 0.25) is 0 Å². The molecule has 6 aliphatic rings. The fraction of sp³-hybridized carbons (Fsp3) is 0.567. The molecule has 2 aliphatic heterocycles. The summed E-state index contributed by atoms with van der Waals surface area (Å²) in [4.78, 5) is 72.2. The minimum atomic E-state index is -1.19. The molecule has 0 spiro atoms. The molecule has 0 amide bonds. The van der Waals surface area contributed by atoms with Crippen molar-refractivity contribution in [2.75, 3.05) is 32.7 Å². The van der Waals surface area contributed by atoms with Gasteiger partial charge < -0.3 is 60.8 Å². The number of methoxy groups -OCH3 is 1. The van der Waals surface area contributed by atoms with Gasteiger partial charge in [-0.25, -0.2) is 19.7 Å². The van der Waals surface area contributed by atoms with Crippen LogP contribution in [0.3, 0.4) is 0 Å². The monoisotopic (exact) mass is 1320 g/mol. The molecule has 11 atom stereocenters. The lowest BCUT2D eigenvalue weighted by molar-refractivity contribution is -0.132. The molecule has 1 saturated carbocycles. The van der Waals surface area contributed by atoms with Gasteiger partial charge in [-0.2, -0.15) is 0 Å². The lowest BCUT2D eigenvalue weighted by Gasteiger charge is -2.48. The minimum Gasteiger partial charge on any atom is -0.497 e. The molecule has 4 aromatic rings. The second-order valence-electron chi connectivity index (χ2n) is 21.7. The number of nitrogens with one attached hydrogen (secondary N) is 1. The van der Waals surface area contributed by atoms with Crippen LogP contribution >= 0.6 is 34.2 Å². The summed E-state index contributed by atoms with van der Waals surface area (Å²) in [6.45, 7) is 5.68. The number of nitrogens with zero attached hydrogens (tertiary/aromatic N) is 5. The van der Waals surface area contributed by atoms with Gasteiger partial charge in [0.1, 0.15) is 71.2 Å². The zero-order valence-corrected chi connectivity index (χ0v) is 51.1. The van der Waals surface area contributed by atoms with Crippen LogP contribution in [0.5, 0.6) is 11.5 Å². The van der Waals surface area contributed by atoms with E-state index in [0.29, 0.717) is 81.8 Å². The SMILES string of the molecule is C#C[C@]1(O)CC[C@H]2[C@@H]3CCC4=CC(=O)CCC4=C3C=C[C@@]21CC.CCC(=O)C(CCCCCCOc1ccc(OC)cc1Cl)C(=O)CC.Nc1ncnc2c1ncn2[C@@H]1O[C@H](CO)[C@@H](O)[C@@H]1O.O.O=c1[nH]c(=O)n(C2C[C@H](O)[C@@H](CO)O2)cc1I. The fourth-order valence-electron chi connectivity index (χ4n) is 12.3. The van der Waals surface area contributed by atoms with Crippen LogP contribution in [0.15, 0.2) is 81.6 Å². The lowest BCUT2D eigenvalue weighted by Crippen LogP contribution is -2.48. The first-order valence-corrected chi connectivity index (χ1v) is 30.1. The Morgan fingerprint density at radius 1 is 0.965 bits per heavy atom. The number of halogens is 2. The molecule has 5 heterocycles. The number of Topliss-reactive ketones (excluding diaryl/α,β-unsaturated/α-hetero) is 2. The van der Waals surface area contributed by atoms with Gasteiger partial charge in [0.15, 0.2) is 23.5 Å². The fourth-order valence-corrected chi connectivity index (χ4v) is 13.0. The van der Waals surface area contributed by atoms with Crippen molar-refractivity contribution in [1.29, 1.82) is 0 Å². The van der Waals surface area contributed by atoms with Gasteiger partial charge >= 0.3 is 5.69 Å². The van der Waals surface area contributed by atoms with E-state index in [9.17, 15) is 44.4 Å². The number of aromatic amines is 1. The van der Waals surface area contributed by atoms with E-state index in [1.54, 1.807) is 41.8 Å². The largest absolute Gasteiger partial charge is 0.497 e. The zero-order chi connectivity index (χ0) is 61.0. The number of anilines is 1. The van der Waals surface area contributed by atoms with Crippen LogP contribution in [-0.2, 0) is 23.9 Å². The molecule has 23 nitrogen and oxygen atoms in total. The first-order valence-electron chi connectivity index (χ1n) is 28.6. The average molecular weight is 1320 g/mol. The number of aliphatic hydroxyl groups excluding tert-OH is 5. The average Bonchev–Trinajstić information content (AvgIpc) is 1.79. The number of hydrogen-bond acceptors (Lipinski definition) is 19. The van der Waals surface area contributed by atoms with Crippen LogP contribution in [0.25, 0.3) is 11.2 Å². The number of imidazole rings is 1. The number of fused-ring (bicyclic) bond motifs is 5. The molecule has 3 fully saturated rings. The van der Waals surface area contributed by atoms with Gasteiger partial charge in [-0.3, -0.25) is 33.3 Å². The third kappa shape index (κ3) is 15.2. The summed E-state index contributed by atoms with van der Waals surface area (Å²) in [7, 11) is 1.60. The summed E-state index contributed by atoms with van der Waals surface area (Å²) in [5, 5.41) is 58.8. The summed E-state index contributed by atoms with van der Waals surface area (Å²) < 4.78 is 24.5. The Labute approximate surface area is 511 Å². The second-order valence-corrected chi connectivity index (χ2v) is 23.3. The molecule has 464 valence electrons. The first-order chi connectivity index (χ1) is 40.2. The third-order valence-corrected chi connectivity index (χ3v) is 18.1. The second kappa shape index (κ2) is 30.8. The maximum Gasteiger partial charge on any atom is 0.330 e. The van der Waals surface area contributed by atoms with Crippen molar-refractivity contribution in [2.24, 2.45) is 23.2 Å². The minimum absolute atomic E-state index is 0. The highest BCUT2D eigenvalue weighted by molar-refractivity contribution is 14.1. The number of rotatable bonds is 18. The number of terminal acetylenes is 1. The Morgan fingerprint density at radius 2 is 1.68 bits per heavy atom. The molecule has 85 heavy (non-hydrogen) atoms. The number of benzene rings is 1. The number of unbranched alkanes of at least 4 members (excludes halogenated alkanes) is 3. The van der Waals surface area contributed by atoms with Crippen molar-refractivity contribution < 1.29 is 69.4 Å². The maximum atomic E-state index is 11.9. The van der Waals surface area contributed by atoms with E-state index in [-0.39, 0.29) is 47.1 Å². The highest BCUT2D eigenvalue weighted by Crippen LogP contribution is 2.62. The van der Waals surface area contributed by atoms with Crippen molar-refractivity contribution in [3.8, 4) is 23.8 Å². The summed E-state index contributed by atoms with van der Waals surface area (Å²) in [6.07, 6.45) is 21.5. The van der Waals surface area contributed by atoms with E-state index in [4.69, 9.17) is 52.9 Å². The van der Waals surface area contributed by atoms with Crippen molar-refractivity contribution >= 4 is 68.5 Å². The van der Waals surface area contributed by atoms with Gasteiger partial charge in [0, 0.05) is 43.4 Å². The Balaban J connectivity index is 0.000000182. The molecule has 11 N–H and O–H groups in total. The molecule has 4 aliphatic carbocycles. The van der Waals surface area contributed by atoms with Crippen LogP contribution < -0.4 is 26.5 Å². The van der Waals surface area contributed by atoms with Gasteiger partial charge in [-0.15, -0.1) is 6.42 Å². The quantitative estimate of drug-likeness (QED) is 0.0283. The summed E-state index contributed by atoms with van der Waals surface area (Å²) in [6, 6.07) is 5.35. The molecular weight excluding hydrogens is 1240 g/mol. The van der Waals surface area contributed by atoms with Crippen LogP contribution in [0.2, 0.25) is 5.02 Å². The van der Waals surface area contributed by atoms with E-state index in [2.05, 4.69) is 44.9 Å². The molecule has 25 heteroatoms. The Kier molecular flexibility index (Phi) is 24.8. The number of aromatic nitrogens is 6. The van der Waals surface area contributed by atoms with E-state index in [1.807, 2.05) is 26.0 Å². The number of H-pyrrole nitrogens is 1. The van der Waals surface area contributed by atoms with Crippen LogP contribution in [0, 0.1) is 39.1 Å². The number of aliphatic hydroxyl groups is 6. The molecule has 0 bridgehead atoms. The van der Waals surface area contributed by atoms with Gasteiger partial charge in [0.25, 0.3) is 5.56 Å². The number of nitrogen functional groups attached to an aromatic ring is 1. The molecule has 1 aromatic carbocycles. The Bertz CT molecular complexity index is 3230. The number of carbonyl (C=O) groups excluding carboxylic acids is 3. The molecular formula is C60H79ClIN7O16. The Hall–Kier alpha value is -5.70. The van der Waals surface area contributed by atoms with E-state index in [1.165, 1.54) is 44.7 Å². The topological polar surface area (TPSA) is 365 Å². The first kappa shape index (κ1) is 68.4. The van der Waals surface area contributed by atoms with E-state index < -0.39 is 72.4 Å². The van der Waals surface area contributed by atoms with Crippen LogP contribution in [-0.4, -0.2) is 146 Å². The van der Waals surface area contributed by atoms with Gasteiger partial charge in [-0.1, -0.05) is 69.7 Å². The number of ether oxygens (including phenoxy) is 4. The highest BCUT2D eigenvalue weighted by atomic mass is 127. The predicted molar refractivity (Wildman–Crippen MR) is 323 cm³/mol. The van der Waals surface area contributed by atoms with Crippen molar-refractivity contribution in [3.63, 3.8) is 0 Å². The van der Waals surface area contributed by atoms with Crippen molar-refractivity contribution in [2.45, 2.75) is 166 Å². The molecule has 2 saturated heterocycles. The molecule has 0 radical (unpaired) electrons. The smallest absolute Gasteiger partial charge is 0.330 e. The van der Waals surface area contributed by atoms with E-state index >= 15 is 0 Å². The van der Waals surface area contributed by atoms with Gasteiger partial charge in [-0.05, 0) is 121 Å². The third-order valence-electron chi connectivity index (χ3n) is 17.0. The standard InChI is InChI=1S/C21H24O2.C20H29ClO4.C10H13N5O4.C9H11IN2O5.H2O/c1-3-20-11-9-17-16-8-6-15(22)13-14(16)5-7-18(17)19(20)10-12-21(20,23)4-2;1-4-18(22)16(19(23)5-2)10-8-6-7-9-13-25-20-12-11-15(24-3)14-17(20)21;11-8-5-9(13-2-12-8)15(3-14-5)10-7(18)6(17)4(1-16)19-10;10-4-2-12(9(16)11-8(4)15)7-1-5(14)6(3-13)17-7;/h2,9,11,13,18-19,23H,3,5-8,10,12H2,1H3;11-12,14,16H,4-10,13H2,1-3H3;2-4,6-7,10,16-18H,1H2,(H2,11,12,13);2,5-7,13-14H,1,3H2,(H,11,15,16);1H2/t18-,19+,20+,21+;;4-,6-,7+,10-;5-,6+,7?;/m1.10./s1. The maximum absolute atomic E-state index is 11.9. The summed E-state index contributed by atoms with van der Waals surface area (Å²) in [5.74, 6) is 5.24. The van der Waals surface area contributed by atoms with Crippen molar-refractivity contribution in [3.05, 3.63) is 101 Å². The summed E-state index contributed by atoms with van der Waals surface area (Å²) in [5.41, 5.74) is 8.20. The summed E-state index contributed by atoms with van der Waals surface area (Å²) >= 11 is 7.93. The number of allylic oxidation sites excluding steroid dienone is 5. The lowest BCUT2D eigenvalue weighted by atomic mass is 9.56. The van der Waals surface area contributed by atoms with Crippen LogP contribution in [0.4, 0.5) is 5.82 Å². The normalized spacial score (nSPS) is 27.1. The van der Waals surface area contributed by atoms with Crippen LogP contribution in [0.1, 0.15) is 130 Å². The Morgan fingerprint density at radius 3 is 2.32 bits per heavy atom. The van der Waals surface area contributed by atoms with Gasteiger partial charge in [0.05, 0.1) is 53.9 Å². The van der Waals surface area contributed by atoms with Crippen molar-refractivity contribution in [1.82, 2.24) is 29.1 Å². The zero-order valence-electron chi connectivity index (χ0n) is 48.2. The number of carbonyl (C=O) groups is 3. The predicted octanol–water partition coefficient (Wildman–Crippen LogP) is 4.95. The molecule has 10 rings (SSSR count). The highest BCUT2D eigenvalue weighted by Gasteiger charge is 2.60. The molecule has 3 aromatic heterocycles.